The van der Waals surface area contributed by atoms with Crippen molar-refractivity contribution in [2.24, 2.45) is 0 Å². The van der Waals surface area contributed by atoms with Gasteiger partial charge in [-0.3, -0.25) is 10.1 Å². The van der Waals surface area contributed by atoms with Gasteiger partial charge in [-0.15, -0.1) is 0 Å². The molecule has 0 bridgehead atoms. The first-order valence-electron chi connectivity index (χ1n) is 7.69. The fourth-order valence-corrected chi connectivity index (χ4v) is 2.57. The standard InChI is InChI=1S/C17H25NO3/c1-4-13-6-5-7-15(10-13)21-12(2)11-17(3,16(19)20)18-14-8-9-14/h5-7,10,12,14,18H,4,8-9,11H2,1-3H3,(H,19,20). The Hall–Kier alpha value is -1.55. The summed E-state index contributed by atoms with van der Waals surface area (Å²) in [6.45, 7) is 5.77. The van der Waals surface area contributed by atoms with E-state index in [-0.39, 0.29) is 6.10 Å². The van der Waals surface area contributed by atoms with E-state index in [0.717, 1.165) is 25.0 Å². The fraction of sp³-hybridized carbons (Fsp3) is 0.588. The van der Waals surface area contributed by atoms with E-state index in [2.05, 4.69) is 18.3 Å². The zero-order valence-electron chi connectivity index (χ0n) is 13.1. The SMILES string of the molecule is CCc1cccc(OC(C)CC(C)(NC2CC2)C(=O)O)c1. The Labute approximate surface area is 126 Å². The molecule has 2 atom stereocenters. The van der Waals surface area contributed by atoms with Crippen LogP contribution < -0.4 is 10.1 Å². The summed E-state index contributed by atoms with van der Waals surface area (Å²) >= 11 is 0. The predicted octanol–water partition coefficient (Wildman–Crippen LogP) is 3.00. The highest BCUT2D eigenvalue weighted by Crippen LogP contribution is 2.26. The van der Waals surface area contributed by atoms with Crippen molar-refractivity contribution in [2.75, 3.05) is 0 Å². The van der Waals surface area contributed by atoms with Crippen LogP contribution in [0, 0.1) is 0 Å². The number of hydrogen-bond donors (Lipinski definition) is 2. The second-order valence-corrected chi connectivity index (χ2v) is 6.19. The number of aliphatic carboxylic acids is 1. The molecule has 2 rings (SSSR count). The molecule has 1 fully saturated rings. The normalized spacial score (nSPS) is 18.8. The molecule has 4 nitrogen and oxygen atoms in total. The Morgan fingerprint density at radius 3 is 2.81 bits per heavy atom. The molecule has 2 unspecified atom stereocenters. The number of benzene rings is 1. The Kier molecular flexibility index (Phi) is 4.88. The van der Waals surface area contributed by atoms with Crippen molar-refractivity contribution in [1.82, 2.24) is 5.32 Å². The van der Waals surface area contributed by atoms with E-state index in [0.29, 0.717) is 12.5 Å². The van der Waals surface area contributed by atoms with Gasteiger partial charge in [0.15, 0.2) is 0 Å². The topological polar surface area (TPSA) is 58.6 Å². The van der Waals surface area contributed by atoms with Gasteiger partial charge in [-0.2, -0.15) is 0 Å². The predicted molar refractivity (Wildman–Crippen MR) is 82.7 cm³/mol. The maximum absolute atomic E-state index is 11.6. The summed E-state index contributed by atoms with van der Waals surface area (Å²) in [5, 5.41) is 12.7. The molecular formula is C17H25NO3. The highest BCUT2D eigenvalue weighted by Gasteiger charge is 2.39. The van der Waals surface area contributed by atoms with Crippen LogP contribution in [0.2, 0.25) is 0 Å². The van der Waals surface area contributed by atoms with E-state index in [4.69, 9.17) is 4.74 Å². The van der Waals surface area contributed by atoms with Gasteiger partial charge in [0.25, 0.3) is 0 Å². The van der Waals surface area contributed by atoms with Crippen LogP contribution in [-0.4, -0.2) is 28.8 Å². The largest absolute Gasteiger partial charge is 0.491 e. The van der Waals surface area contributed by atoms with Gasteiger partial charge in [0.1, 0.15) is 11.3 Å². The molecule has 4 heteroatoms. The molecule has 116 valence electrons. The maximum Gasteiger partial charge on any atom is 0.323 e. The third-order valence-electron chi connectivity index (χ3n) is 3.91. The minimum Gasteiger partial charge on any atom is -0.491 e. The van der Waals surface area contributed by atoms with E-state index in [1.807, 2.05) is 25.1 Å². The molecule has 0 aromatic heterocycles. The number of aryl methyl sites for hydroxylation is 1. The van der Waals surface area contributed by atoms with Crippen LogP contribution in [0.25, 0.3) is 0 Å². The first-order chi connectivity index (χ1) is 9.93. The van der Waals surface area contributed by atoms with E-state index >= 15 is 0 Å². The summed E-state index contributed by atoms with van der Waals surface area (Å²) in [5.74, 6) is -0.00632. The molecule has 0 amide bonds. The van der Waals surface area contributed by atoms with Gasteiger partial charge in [0.2, 0.25) is 0 Å². The smallest absolute Gasteiger partial charge is 0.323 e. The van der Waals surface area contributed by atoms with E-state index in [1.54, 1.807) is 6.92 Å². The summed E-state index contributed by atoms with van der Waals surface area (Å²) in [5.41, 5.74) is 0.292. The first-order valence-corrected chi connectivity index (χ1v) is 7.69. The lowest BCUT2D eigenvalue weighted by Gasteiger charge is -2.29. The highest BCUT2D eigenvalue weighted by atomic mass is 16.5. The van der Waals surface area contributed by atoms with Crippen molar-refractivity contribution < 1.29 is 14.6 Å². The molecule has 1 aromatic carbocycles. The van der Waals surface area contributed by atoms with Crippen molar-refractivity contribution in [3.05, 3.63) is 29.8 Å². The van der Waals surface area contributed by atoms with Crippen LogP contribution >= 0.6 is 0 Å². The highest BCUT2D eigenvalue weighted by molar-refractivity contribution is 5.78. The molecule has 1 aliphatic carbocycles. The number of nitrogens with one attached hydrogen (secondary N) is 1. The lowest BCUT2D eigenvalue weighted by Crippen LogP contribution is -2.52. The second-order valence-electron chi connectivity index (χ2n) is 6.19. The van der Waals surface area contributed by atoms with Gasteiger partial charge in [-0.25, -0.2) is 0 Å². The number of hydrogen-bond acceptors (Lipinski definition) is 3. The monoisotopic (exact) mass is 291 g/mol. The van der Waals surface area contributed by atoms with Crippen LogP contribution in [0.15, 0.2) is 24.3 Å². The molecule has 0 radical (unpaired) electrons. The van der Waals surface area contributed by atoms with E-state index in [1.165, 1.54) is 5.56 Å². The van der Waals surface area contributed by atoms with Gasteiger partial charge in [0, 0.05) is 12.5 Å². The average Bonchev–Trinajstić information content (AvgIpc) is 3.22. The Bertz CT molecular complexity index is 499. The van der Waals surface area contributed by atoms with Crippen molar-refractivity contribution in [1.29, 1.82) is 0 Å². The fourth-order valence-electron chi connectivity index (χ4n) is 2.57. The van der Waals surface area contributed by atoms with Crippen LogP contribution in [0.1, 0.15) is 45.6 Å². The molecule has 1 aliphatic rings. The Balaban J connectivity index is 1.97. The molecule has 21 heavy (non-hydrogen) atoms. The van der Waals surface area contributed by atoms with E-state index in [9.17, 15) is 9.90 Å². The zero-order chi connectivity index (χ0) is 15.5. The summed E-state index contributed by atoms with van der Waals surface area (Å²) < 4.78 is 5.90. The van der Waals surface area contributed by atoms with Crippen LogP contribution in [0.3, 0.4) is 0 Å². The van der Waals surface area contributed by atoms with Gasteiger partial charge < -0.3 is 9.84 Å². The summed E-state index contributed by atoms with van der Waals surface area (Å²) in [4.78, 5) is 11.6. The second kappa shape index (κ2) is 6.48. The van der Waals surface area contributed by atoms with Gasteiger partial charge in [0.05, 0.1) is 6.10 Å². The third-order valence-corrected chi connectivity index (χ3v) is 3.91. The number of carbonyl (C=O) groups is 1. The molecule has 0 spiro atoms. The zero-order valence-corrected chi connectivity index (χ0v) is 13.1. The van der Waals surface area contributed by atoms with Crippen LogP contribution in [0.5, 0.6) is 5.75 Å². The number of ether oxygens (including phenoxy) is 1. The van der Waals surface area contributed by atoms with Gasteiger partial charge >= 0.3 is 5.97 Å². The van der Waals surface area contributed by atoms with E-state index < -0.39 is 11.5 Å². The number of carboxylic acids is 1. The van der Waals surface area contributed by atoms with Crippen molar-refractivity contribution in [3.63, 3.8) is 0 Å². The summed E-state index contributed by atoms with van der Waals surface area (Å²) in [7, 11) is 0. The third kappa shape index (κ3) is 4.46. The van der Waals surface area contributed by atoms with Crippen molar-refractivity contribution in [2.45, 2.75) is 64.1 Å². The lowest BCUT2D eigenvalue weighted by atomic mass is 9.94. The van der Waals surface area contributed by atoms with Crippen molar-refractivity contribution >= 4 is 5.97 Å². The Morgan fingerprint density at radius 1 is 1.52 bits per heavy atom. The number of rotatable bonds is 8. The molecule has 1 aromatic rings. The molecule has 1 saturated carbocycles. The maximum atomic E-state index is 11.6. The molecule has 0 heterocycles. The average molecular weight is 291 g/mol. The molecule has 2 N–H and O–H groups in total. The van der Waals surface area contributed by atoms with Crippen LogP contribution in [0.4, 0.5) is 0 Å². The quantitative estimate of drug-likeness (QED) is 0.773. The van der Waals surface area contributed by atoms with Crippen LogP contribution in [-0.2, 0) is 11.2 Å². The first kappa shape index (κ1) is 15.8. The molecule has 0 saturated heterocycles. The summed E-state index contributed by atoms with van der Waals surface area (Å²) in [6, 6.07) is 8.32. The lowest BCUT2D eigenvalue weighted by molar-refractivity contribution is -0.145. The van der Waals surface area contributed by atoms with Crippen molar-refractivity contribution in [3.8, 4) is 5.75 Å². The minimum atomic E-state index is -0.928. The molecule has 0 aliphatic heterocycles. The molecular weight excluding hydrogens is 266 g/mol. The Morgan fingerprint density at radius 2 is 2.24 bits per heavy atom. The summed E-state index contributed by atoms with van der Waals surface area (Å²) in [6.07, 6.45) is 3.37. The number of carboxylic acid groups (broad SMARTS) is 1. The van der Waals surface area contributed by atoms with Gasteiger partial charge in [-0.05, 0) is 50.8 Å². The van der Waals surface area contributed by atoms with Gasteiger partial charge in [-0.1, -0.05) is 19.1 Å². The minimum absolute atomic E-state index is 0.163.